The van der Waals surface area contributed by atoms with Crippen LogP contribution in [-0.4, -0.2) is 18.0 Å². The second-order valence-corrected chi connectivity index (χ2v) is 4.74. The summed E-state index contributed by atoms with van der Waals surface area (Å²) in [6.45, 7) is 6.53. The molecule has 1 aromatic carbocycles. The molecule has 1 aromatic rings. The predicted molar refractivity (Wildman–Crippen MR) is 66.4 cm³/mol. The van der Waals surface area contributed by atoms with Crippen molar-refractivity contribution in [3.63, 3.8) is 0 Å². The highest BCUT2D eigenvalue weighted by atomic mass is 16.1. The number of benzene rings is 1. The predicted octanol–water partition coefficient (Wildman–Crippen LogP) is 1.85. The summed E-state index contributed by atoms with van der Waals surface area (Å²) in [6.07, 6.45) is 0.768. The van der Waals surface area contributed by atoms with Gasteiger partial charge >= 0.3 is 0 Å². The SMILES string of the molecule is Cc1ccc(C(=O)NC(C)(C)CCN)cc1. The third-order valence-electron chi connectivity index (χ3n) is 2.54. The van der Waals surface area contributed by atoms with Crippen LogP contribution in [0.3, 0.4) is 0 Å². The van der Waals surface area contributed by atoms with Gasteiger partial charge in [-0.15, -0.1) is 0 Å². The topological polar surface area (TPSA) is 55.1 Å². The Morgan fingerprint density at radius 3 is 2.38 bits per heavy atom. The number of carbonyl (C=O) groups excluding carboxylic acids is 1. The molecule has 1 amide bonds. The molecule has 0 bridgehead atoms. The quantitative estimate of drug-likeness (QED) is 0.813. The molecule has 0 fully saturated rings. The lowest BCUT2D eigenvalue weighted by molar-refractivity contribution is 0.0910. The molecule has 0 aromatic heterocycles. The first kappa shape index (κ1) is 12.7. The molecule has 0 heterocycles. The van der Waals surface area contributed by atoms with Crippen LogP contribution in [0, 0.1) is 6.92 Å². The van der Waals surface area contributed by atoms with Crippen molar-refractivity contribution in [3.05, 3.63) is 35.4 Å². The Morgan fingerprint density at radius 1 is 1.31 bits per heavy atom. The van der Waals surface area contributed by atoms with Crippen LogP contribution in [0.5, 0.6) is 0 Å². The Balaban J connectivity index is 2.69. The largest absolute Gasteiger partial charge is 0.347 e. The smallest absolute Gasteiger partial charge is 0.251 e. The molecule has 16 heavy (non-hydrogen) atoms. The van der Waals surface area contributed by atoms with E-state index in [1.807, 2.05) is 45.0 Å². The van der Waals surface area contributed by atoms with Gasteiger partial charge < -0.3 is 11.1 Å². The van der Waals surface area contributed by atoms with Crippen LogP contribution in [-0.2, 0) is 0 Å². The van der Waals surface area contributed by atoms with E-state index in [9.17, 15) is 4.79 Å². The lowest BCUT2D eigenvalue weighted by Crippen LogP contribution is -2.44. The van der Waals surface area contributed by atoms with E-state index < -0.39 is 0 Å². The molecule has 0 aliphatic rings. The average molecular weight is 220 g/mol. The van der Waals surface area contributed by atoms with Gasteiger partial charge in [-0.05, 0) is 45.9 Å². The molecule has 3 heteroatoms. The maximum atomic E-state index is 11.9. The van der Waals surface area contributed by atoms with Crippen LogP contribution in [0.15, 0.2) is 24.3 Å². The summed E-state index contributed by atoms with van der Waals surface area (Å²) in [6, 6.07) is 7.54. The first-order chi connectivity index (χ1) is 7.44. The number of rotatable bonds is 4. The number of amides is 1. The highest BCUT2D eigenvalue weighted by molar-refractivity contribution is 5.94. The summed E-state index contributed by atoms with van der Waals surface area (Å²) in [5, 5.41) is 2.97. The Kier molecular flexibility index (Phi) is 4.07. The van der Waals surface area contributed by atoms with Gasteiger partial charge in [-0.3, -0.25) is 4.79 Å². The van der Waals surface area contributed by atoms with Gasteiger partial charge in [0.15, 0.2) is 0 Å². The second kappa shape index (κ2) is 5.12. The maximum absolute atomic E-state index is 11.9. The minimum absolute atomic E-state index is 0.0431. The van der Waals surface area contributed by atoms with Crippen LogP contribution >= 0.6 is 0 Å². The van der Waals surface area contributed by atoms with Crippen molar-refractivity contribution in [2.24, 2.45) is 5.73 Å². The molecule has 0 aliphatic carbocycles. The summed E-state index contributed by atoms with van der Waals surface area (Å²) in [5.74, 6) is -0.0431. The van der Waals surface area contributed by atoms with Crippen LogP contribution in [0.25, 0.3) is 0 Å². The third kappa shape index (κ3) is 3.66. The minimum Gasteiger partial charge on any atom is -0.347 e. The summed E-state index contributed by atoms with van der Waals surface area (Å²) in [7, 11) is 0. The molecule has 3 N–H and O–H groups in total. The van der Waals surface area contributed by atoms with Gasteiger partial charge in [0.25, 0.3) is 5.91 Å². The average Bonchev–Trinajstić information content (AvgIpc) is 2.17. The van der Waals surface area contributed by atoms with Crippen molar-refractivity contribution >= 4 is 5.91 Å². The van der Waals surface area contributed by atoms with Gasteiger partial charge in [-0.2, -0.15) is 0 Å². The first-order valence-electron chi connectivity index (χ1n) is 5.54. The summed E-state index contributed by atoms with van der Waals surface area (Å²) < 4.78 is 0. The summed E-state index contributed by atoms with van der Waals surface area (Å²) in [4.78, 5) is 11.9. The van der Waals surface area contributed by atoms with Crippen molar-refractivity contribution in [1.82, 2.24) is 5.32 Å². The van der Waals surface area contributed by atoms with Crippen molar-refractivity contribution in [3.8, 4) is 0 Å². The van der Waals surface area contributed by atoms with Crippen molar-refractivity contribution in [2.75, 3.05) is 6.54 Å². The van der Waals surface area contributed by atoms with Gasteiger partial charge in [-0.25, -0.2) is 0 Å². The Morgan fingerprint density at radius 2 is 1.88 bits per heavy atom. The molecule has 0 saturated carbocycles. The van der Waals surface area contributed by atoms with E-state index in [4.69, 9.17) is 5.73 Å². The highest BCUT2D eigenvalue weighted by Crippen LogP contribution is 2.09. The zero-order chi connectivity index (χ0) is 12.2. The van der Waals surface area contributed by atoms with E-state index in [0.29, 0.717) is 12.1 Å². The summed E-state index contributed by atoms with van der Waals surface area (Å²) in [5.41, 5.74) is 7.09. The van der Waals surface area contributed by atoms with Crippen LogP contribution in [0.2, 0.25) is 0 Å². The number of carbonyl (C=O) groups is 1. The third-order valence-corrected chi connectivity index (χ3v) is 2.54. The molecular formula is C13H20N2O. The molecule has 88 valence electrons. The monoisotopic (exact) mass is 220 g/mol. The fourth-order valence-electron chi connectivity index (χ4n) is 1.51. The molecule has 3 nitrogen and oxygen atoms in total. The number of nitrogens with one attached hydrogen (secondary N) is 1. The first-order valence-corrected chi connectivity index (χ1v) is 5.54. The van der Waals surface area contributed by atoms with E-state index in [2.05, 4.69) is 5.32 Å². The van der Waals surface area contributed by atoms with Crippen molar-refractivity contribution < 1.29 is 4.79 Å². The van der Waals surface area contributed by atoms with Crippen LogP contribution in [0.1, 0.15) is 36.2 Å². The van der Waals surface area contributed by atoms with E-state index >= 15 is 0 Å². The number of hydrogen-bond donors (Lipinski definition) is 2. The Bertz CT molecular complexity index is 355. The lowest BCUT2D eigenvalue weighted by Gasteiger charge is -2.25. The number of hydrogen-bond acceptors (Lipinski definition) is 2. The number of nitrogens with two attached hydrogens (primary N) is 1. The minimum atomic E-state index is -0.253. The Hall–Kier alpha value is -1.35. The molecule has 0 radical (unpaired) electrons. The molecule has 0 atom stereocenters. The van der Waals surface area contributed by atoms with Gasteiger partial charge in [0.05, 0.1) is 0 Å². The van der Waals surface area contributed by atoms with Gasteiger partial charge in [0.1, 0.15) is 0 Å². The van der Waals surface area contributed by atoms with Gasteiger partial charge in [0.2, 0.25) is 0 Å². The summed E-state index contributed by atoms with van der Waals surface area (Å²) >= 11 is 0. The normalized spacial score (nSPS) is 11.2. The standard InChI is InChI=1S/C13H20N2O/c1-10-4-6-11(7-5-10)12(16)15-13(2,3)8-9-14/h4-7H,8-9,14H2,1-3H3,(H,15,16). The van der Waals surface area contributed by atoms with Crippen molar-refractivity contribution in [2.45, 2.75) is 32.7 Å². The fourth-order valence-corrected chi connectivity index (χ4v) is 1.51. The van der Waals surface area contributed by atoms with Crippen molar-refractivity contribution in [1.29, 1.82) is 0 Å². The molecule has 0 unspecified atom stereocenters. The Labute approximate surface area is 97.0 Å². The van der Waals surface area contributed by atoms with Crippen LogP contribution in [0.4, 0.5) is 0 Å². The number of aryl methyl sites for hydroxylation is 1. The van der Waals surface area contributed by atoms with Crippen LogP contribution < -0.4 is 11.1 Å². The van der Waals surface area contributed by atoms with E-state index in [1.54, 1.807) is 0 Å². The fraction of sp³-hybridized carbons (Fsp3) is 0.462. The molecule has 1 rings (SSSR count). The molecule has 0 spiro atoms. The van der Waals surface area contributed by atoms with Gasteiger partial charge in [-0.1, -0.05) is 17.7 Å². The second-order valence-electron chi connectivity index (χ2n) is 4.74. The maximum Gasteiger partial charge on any atom is 0.251 e. The van der Waals surface area contributed by atoms with E-state index in [-0.39, 0.29) is 11.4 Å². The highest BCUT2D eigenvalue weighted by Gasteiger charge is 2.19. The molecular weight excluding hydrogens is 200 g/mol. The van der Waals surface area contributed by atoms with Gasteiger partial charge in [0, 0.05) is 11.1 Å². The molecule has 0 aliphatic heterocycles. The van der Waals surface area contributed by atoms with E-state index in [0.717, 1.165) is 12.0 Å². The lowest BCUT2D eigenvalue weighted by atomic mass is 10.00. The zero-order valence-corrected chi connectivity index (χ0v) is 10.2. The zero-order valence-electron chi connectivity index (χ0n) is 10.2. The molecule has 0 saturated heterocycles. The van der Waals surface area contributed by atoms with E-state index in [1.165, 1.54) is 0 Å².